The number of thiophene rings is 1. The van der Waals surface area contributed by atoms with Gasteiger partial charge in [-0.1, -0.05) is 106 Å². The van der Waals surface area contributed by atoms with E-state index in [9.17, 15) is 14.7 Å². The number of hydrogen-bond acceptors (Lipinski definition) is 6. The molecule has 54 heavy (non-hydrogen) atoms. The number of carbonyl (C=O) groups excluding carboxylic acids is 2. The van der Waals surface area contributed by atoms with Gasteiger partial charge in [-0.15, -0.1) is 11.3 Å². The first-order valence-electron chi connectivity index (χ1n) is 19.4. The highest BCUT2D eigenvalue weighted by Gasteiger charge is 2.58. The second kappa shape index (κ2) is 15.6. The van der Waals surface area contributed by atoms with E-state index in [1.54, 1.807) is 11.3 Å². The number of nitrogens with zero attached hydrogens (tertiary/aromatic N) is 1. The number of amides is 2. The Bertz CT molecular complexity index is 1990. The van der Waals surface area contributed by atoms with E-state index in [1.165, 1.54) is 26.4 Å². The lowest BCUT2D eigenvalue weighted by Gasteiger charge is -2.44. The van der Waals surface area contributed by atoms with Crippen molar-refractivity contribution in [3.63, 3.8) is 0 Å². The van der Waals surface area contributed by atoms with Crippen LogP contribution in [-0.4, -0.2) is 49.5 Å². The van der Waals surface area contributed by atoms with Crippen molar-refractivity contribution < 1.29 is 23.9 Å². The van der Waals surface area contributed by atoms with Crippen molar-refractivity contribution >= 4 is 47.9 Å². The average molecular weight is 760 g/mol. The summed E-state index contributed by atoms with van der Waals surface area (Å²) in [5.41, 5.74) is 6.44. The van der Waals surface area contributed by atoms with Gasteiger partial charge in [0.05, 0.1) is 37.7 Å². The Morgan fingerprint density at radius 3 is 2.17 bits per heavy atom. The number of aromatic hydroxyl groups is 1. The maximum atomic E-state index is 14.2. The largest absolute Gasteiger partial charge is 0.507 e. The number of imide groups is 1. The Morgan fingerprint density at radius 1 is 0.944 bits per heavy atom. The topological polar surface area (TPSA) is 76.1 Å². The van der Waals surface area contributed by atoms with Crippen molar-refractivity contribution in [2.75, 3.05) is 13.2 Å². The van der Waals surface area contributed by atoms with Crippen molar-refractivity contribution in [2.45, 2.75) is 84.9 Å². The monoisotopic (exact) mass is 759 g/mol. The van der Waals surface area contributed by atoms with Crippen LogP contribution in [0.15, 0.2) is 107 Å². The summed E-state index contributed by atoms with van der Waals surface area (Å²) in [6.45, 7) is 14.1. The van der Waals surface area contributed by atoms with Gasteiger partial charge in [-0.3, -0.25) is 14.5 Å². The van der Waals surface area contributed by atoms with Crippen LogP contribution in [0, 0.1) is 31.6 Å². The molecule has 3 aliphatic rings. The Morgan fingerprint density at radius 2 is 1.59 bits per heavy atom. The van der Waals surface area contributed by atoms with E-state index in [4.69, 9.17) is 9.16 Å². The third kappa shape index (κ3) is 7.10. The molecule has 0 spiro atoms. The molecule has 1 N–H and O–H groups in total. The standard InChI is InChI=1S/C46H53NO5SSi/c1-7-32(25-33-23-30(2)43(48)31(3)24-33)20-21-40-41-34(26-38-42(39(41)29-51-40)45(50)47(44(38)49)27-35-15-14-22-53-35)28-52-54(46(4,5)6,36-16-10-8-11-17-36)37-18-12-9-13-19-37/h8-19,22-25,38-40,42,48H,7,20-21,26-29H2,1-6H3/b32-25+/t38-,39+,40-,42-/m1/s1. The molecule has 1 aromatic heterocycles. The van der Waals surface area contributed by atoms with Gasteiger partial charge < -0.3 is 14.3 Å². The van der Waals surface area contributed by atoms with Gasteiger partial charge in [-0.2, -0.15) is 0 Å². The van der Waals surface area contributed by atoms with E-state index < -0.39 is 20.2 Å². The summed E-state index contributed by atoms with van der Waals surface area (Å²) < 4.78 is 14.2. The molecule has 7 rings (SSSR count). The Balaban J connectivity index is 1.25. The summed E-state index contributed by atoms with van der Waals surface area (Å²) in [5.74, 6) is -0.784. The zero-order valence-electron chi connectivity index (χ0n) is 32.4. The number of ether oxygens (including phenoxy) is 1. The number of phenolic OH excluding ortho intramolecular Hbond substituents is 1. The number of benzene rings is 3. The van der Waals surface area contributed by atoms with Crippen LogP contribution in [0.3, 0.4) is 0 Å². The minimum atomic E-state index is -2.88. The first-order chi connectivity index (χ1) is 25.9. The third-order valence-corrected chi connectivity index (χ3v) is 17.8. The van der Waals surface area contributed by atoms with Crippen LogP contribution in [0.5, 0.6) is 5.75 Å². The molecular formula is C46H53NO5SSi. The molecule has 1 aliphatic carbocycles. The van der Waals surface area contributed by atoms with E-state index in [-0.39, 0.29) is 28.9 Å². The minimum Gasteiger partial charge on any atom is -0.507 e. The van der Waals surface area contributed by atoms with Crippen LogP contribution in [0.2, 0.25) is 5.04 Å². The van der Waals surface area contributed by atoms with Crippen molar-refractivity contribution in [3.05, 3.63) is 129 Å². The summed E-state index contributed by atoms with van der Waals surface area (Å²) in [6, 6.07) is 29.4. The number of rotatable bonds is 12. The van der Waals surface area contributed by atoms with Crippen molar-refractivity contribution in [3.8, 4) is 5.75 Å². The predicted octanol–water partition coefficient (Wildman–Crippen LogP) is 8.74. The van der Waals surface area contributed by atoms with Crippen molar-refractivity contribution in [1.82, 2.24) is 4.90 Å². The normalized spacial score (nSPS) is 21.9. The Hall–Kier alpha value is -4.08. The van der Waals surface area contributed by atoms with E-state index >= 15 is 0 Å². The molecule has 2 fully saturated rings. The summed E-state index contributed by atoms with van der Waals surface area (Å²) in [7, 11) is -2.88. The first kappa shape index (κ1) is 38.2. The van der Waals surface area contributed by atoms with Gasteiger partial charge in [0.1, 0.15) is 5.75 Å². The number of allylic oxidation sites excluding steroid dienone is 1. The molecule has 0 unspecified atom stereocenters. The summed E-state index contributed by atoms with van der Waals surface area (Å²) in [6.07, 6.45) is 5.09. The zero-order chi connectivity index (χ0) is 38.2. The lowest BCUT2D eigenvalue weighted by molar-refractivity contribution is -0.140. The van der Waals surface area contributed by atoms with Gasteiger partial charge >= 0.3 is 0 Å². The molecule has 2 amide bonds. The molecule has 282 valence electrons. The van der Waals surface area contributed by atoms with Crippen LogP contribution in [0.25, 0.3) is 6.08 Å². The van der Waals surface area contributed by atoms with Gasteiger partial charge in [0, 0.05) is 10.8 Å². The van der Waals surface area contributed by atoms with Crippen LogP contribution in [0.4, 0.5) is 0 Å². The number of aryl methyl sites for hydroxylation is 2. The molecule has 3 aromatic carbocycles. The zero-order valence-corrected chi connectivity index (χ0v) is 34.2. The molecule has 4 aromatic rings. The molecule has 2 aliphatic heterocycles. The fourth-order valence-corrected chi connectivity index (χ4v) is 14.6. The second-order valence-corrected chi connectivity index (χ2v) is 21.7. The number of likely N-dealkylation sites (tertiary alicyclic amines) is 1. The molecule has 4 atom stereocenters. The Kier molecular flexibility index (Phi) is 11.0. The molecule has 0 radical (unpaired) electrons. The van der Waals surface area contributed by atoms with Crippen LogP contribution < -0.4 is 10.4 Å². The molecule has 0 bridgehead atoms. The highest BCUT2D eigenvalue weighted by Crippen LogP contribution is 2.51. The van der Waals surface area contributed by atoms with Crippen molar-refractivity contribution in [1.29, 1.82) is 0 Å². The highest BCUT2D eigenvalue weighted by atomic mass is 32.1. The van der Waals surface area contributed by atoms with Crippen LogP contribution in [-0.2, 0) is 25.3 Å². The quantitative estimate of drug-likeness (QED) is 0.0889. The maximum Gasteiger partial charge on any atom is 0.261 e. The number of hydrogen-bond donors (Lipinski definition) is 1. The minimum absolute atomic E-state index is 0.0654. The second-order valence-electron chi connectivity index (χ2n) is 16.3. The van der Waals surface area contributed by atoms with E-state index in [0.29, 0.717) is 31.9 Å². The number of carbonyl (C=O) groups is 2. The van der Waals surface area contributed by atoms with Gasteiger partial charge in [0.2, 0.25) is 11.8 Å². The lowest BCUT2D eigenvalue weighted by atomic mass is 9.69. The maximum absolute atomic E-state index is 14.2. The molecule has 2 saturated heterocycles. The number of fused-ring (bicyclic) bond motifs is 3. The fourth-order valence-electron chi connectivity index (χ4n) is 9.32. The van der Waals surface area contributed by atoms with Gasteiger partial charge in [0.15, 0.2) is 0 Å². The average Bonchev–Trinajstić information content (AvgIpc) is 3.89. The number of phenols is 1. The molecule has 0 saturated carbocycles. The van der Waals surface area contributed by atoms with Crippen molar-refractivity contribution in [2.24, 2.45) is 17.8 Å². The fraction of sp³-hybridized carbons (Fsp3) is 0.391. The predicted molar refractivity (Wildman–Crippen MR) is 220 cm³/mol. The summed E-state index contributed by atoms with van der Waals surface area (Å²) in [4.78, 5) is 30.9. The van der Waals surface area contributed by atoms with Gasteiger partial charge in [-0.05, 0) is 106 Å². The van der Waals surface area contributed by atoms with Gasteiger partial charge in [-0.25, -0.2) is 0 Å². The van der Waals surface area contributed by atoms with E-state index in [2.05, 4.69) is 94.4 Å². The van der Waals surface area contributed by atoms with Crippen LogP contribution in [0.1, 0.15) is 74.9 Å². The lowest BCUT2D eigenvalue weighted by Crippen LogP contribution is -2.66. The van der Waals surface area contributed by atoms with E-state index in [0.717, 1.165) is 46.4 Å². The molecule has 3 heterocycles. The summed E-state index contributed by atoms with van der Waals surface area (Å²) in [5, 5.41) is 14.6. The van der Waals surface area contributed by atoms with Gasteiger partial charge in [0.25, 0.3) is 8.32 Å². The first-order valence-corrected chi connectivity index (χ1v) is 22.2. The van der Waals surface area contributed by atoms with Crippen LogP contribution >= 0.6 is 11.3 Å². The molecule has 6 nitrogen and oxygen atoms in total. The Labute approximate surface area is 325 Å². The smallest absolute Gasteiger partial charge is 0.261 e. The summed E-state index contributed by atoms with van der Waals surface area (Å²) >= 11 is 1.58. The molecule has 8 heteroatoms. The highest BCUT2D eigenvalue weighted by molar-refractivity contribution is 7.09. The third-order valence-electron chi connectivity index (χ3n) is 11.9. The molecular weight excluding hydrogens is 707 g/mol. The SMILES string of the molecule is CC/C(=C\c1cc(C)c(O)c(C)c1)CC[C@H]1OC[C@H]2C1=C(CO[Si](c1ccccc1)(c1ccccc1)C(C)(C)C)C[C@H]1C(=O)N(Cc3cccs3)C(=O)[C@H]12. The van der Waals surface area contributed by atoms with E-state index in [1.807, 2.05) is 43.5 Å².